The van der Waals surface area contributed by atoms with Gasteiger partial charge in [-0.1, -0.05) is 103 Å². The molecule has 0 fully saturated rings. The van der Waals surface area contributed by atoms with E-state index >= 15 is 0 Å². The molecule has 1 nitrogen and oxygen atoms in total. The molecule has 23 heavy (non-hydrogen) atoms. The van der Waals surface area contributed by atoms with E-state index in [9.17, 15) is 0 Å². The lowest BCUT2D eigenvalue weighted by Crippen LogP contribution is -2.03. The van der Waals surface area contributed by atoms with Crippen LogP contribution in [0.1, 0.15) is 96.8 Å². The zero-order chi connectivity index (χ0) is 16.2. The Kier molecular flexibility index (Phi) is 9.21. The van der Waals surface area contributed by atoms with Crippen molar-refractivity contribution >= 4 is 0 Å². The monoisotopic (exact) mass is 316 g/mol. The number of hydrogen-bond acceptors (Lipinski definition) is 1. The van der Waals surface area contributed by atoms with Gasteiger partial charge in [0.05, 0.1) is 6.61 Å². The van der Waals surface area contributed by atoms with Crippen LogP contribution >= 0.6 is 0 Å². The molecule has 0 saturated heterocycles. The largest absolute Gasteiger partial charge is 0.493 e. The Morgan fingerprint density at radius 1 is 0.652 bits per heavy atom. The summed E-state index contributed by atoms with van der Waals surface area (Å²) in [6, 6.07) is 6.45. The zero-order valence-corrected chi connectivity index (χ0v) is 15.2. The van der Waals surface area contributed by atoms with E-state index in [1.165, 1.54) is 101 Å². The highest BCUT2D eigenvalue weighted by Crippen LogP contribution is 2.42. The molecule has 0 radical (unpaired) electrons. The van der Waals surface area contributed by atoms with Crippen LogP contribution in [0.4, 0.5) is 0 Å². The Balaban J connectivity index is 1.24. The fourth-order valence-corrected chi connectivity index (χ4v) is 3.35. The molecule has 0 heterocycles. The molecule has 0 saturated carbocycles. The van der Waals surface area contributed by atoms with E-state index in [4.69, 9.17) is 4.74 Å². The predicted octanol–water partition coefficient (Wildman–Crippen LogP) is 7.53. The summed E-state index contributed by atoms with van der Waals surface area (Å²) in [5.41, 5.74) is 2.72. The lowest BCUT2D eigenvalue weighted by atomic mass is 9.92. The van der Waals surface area contributed by atoms with Gasteiger partial charge >= 0.3 is 0 Å². The Hall–Kier alpha value is -0.980. The van der Waals surface area contributed by atoms with Gasteiger partial charge in [0.25, 0.3) is 0 Å². The molecule has 0 aromatic carbocycles. The van der Waals surface area contributed by atoms with Gasteiger partial charge in [0.2, 0.25) is 0 Å². The first-order chi connectivity index (χ1) is 11.4. The molecule has 0 aromatic heterocycles. The smallest absolute Gasteiger partial charge is 0.127 e. The van der Waals surface area contributed by atoms with Gasteiger partial charge in [0.1, 0.15) is 5.75 Å². The van der Waals surface area contributed by atoms with E-state index < -0.39 is 0 Å². The number of ether oxygens (including phenoxy) is 1. The second-order valence-corrected chi connectivity index (χ2v) is 7.16. The Labute approximate surface area is 143 Å². The highest BCUT2D eigenvalue weighted by atomic mass is 16.5. The highest BCUT2D eigenvalue weighted by molar-refractivity contribution is 5.84. The molecule has 0 aliphatic heterocycles. The van der Waals surface area contributed by atoms with Crippen LogP contribution in [0, 0.1) is 0 Å². The second-order valence-electron chi connectivity index (χ2n) is 7.16. The van der Waals surface area contributed by atoms with E-state index in [1.807, 2.05) is 0 Å². The van der Waals surface area contributed by atoms with Crippen molar-refractivity contribution in [1.82, 2.24) is 0 Å². The first kappa shape index (κ1) is 18.4. The van der Waals surface area contributed by atoms with Crippen molar-refractivity contribution in [1.29, 1.82) is 0 Å². The maximum absolute atomic E-state index is 5.77. The average molecular weight is 317 g/mol. The maximum atomic E-state index is 5.77. The zero-order valence-electron chi connectivity index (χ0n) is 15.2. The van der Waals surface area contributed by atoms with E-state index in [1.54, 1.807) is 0 Å². The fraction of sp³-hybridized carbons (Fsp3) is 0.727. The van der Waals surface area contributed by atoms with Gasteiger partial charge < -0.3 is 4.74 Å². The van der Waals surface area contributed by atoms with Gasteiger partial charge in [-0.2, -0.15) is 0 Å². The molecule has 2 rings (SSSR count). The van der Waals surface area contributed by atoms with Crippen molar-refractivity contribution < 1.29 is 4.74 Å². The number of hydrogen-bond donors (Lipinski definition) is 0. The predicted molar refractivity (Wildman–Crippen MR) is 101 cm³/mol. The van der Waals surface area contributed by atoms with Gasteiger partial charge in [0, 0.05) is 5.56 Å². The van der Waals surface area contributed by atoms with Crippen molar-refractivity contribution in [3.05, 3.63) is 18.2 Å². The molecular formula is C22H36O. The third-order valence-electron chi connectivity index (χ3n) is 5.05. The fourth-order valence-electron chi connectivity index (χ4n) is 3.35. The number of benzene rings is 1. The van der Waals surface area contributed by atoms with Crippen LogP contribution in [-0.2, 0) is 0 Å². The number of fused-ring (bicyclic) bond motifs is 1. The van der Waals surface area contributed by atoms with Crippen LogP contribution in [0.15, 0.2) is 18.2 Å². The average Bonchev–Trinajstić information content (AvgIpc) is 2.54. The lowest BCUT2D eigenvalue weighted by molar-refractivity contribution is 0.303. The van der Waals surface area contributed by atoms with Crippen LogP contribution in [0.25, 0.3) is 11.1 Å². The van der Waals surface area contributed by atoms with Gasteiger partial charge in [0.15, 0.2) is 0 Å². The van der Waals surface area contributed by atoms with E-state index in [2.05, 4.69) is 25.1 Å². The molecular weight excluding hydrogens is 280 g/mol. The maximum Gasteiger partial charge on any atom is 0.127 e. The minimum Gasteiger partial charge on any atom is -0.493 e. The standard InChI is InChI=1S/C22H36O/c1-2-3-4-5-6-7-8-9-10-11-12-13-14-15-18-23-22-19-20-16-17-21(20)22/h16-17,19H,2-15,18H2,1H3. The molecule has 1 heteroatoms. The van der Waals surface area contributed by atoms with Crippen LogP contribution in [0.3, 0.4) is 0 Å². The Bertz CT molecular complexity index is 424. The van der Waals surface area contributed by atoms with Crippen LogP contribution in [0.2, 0.25) is 0 Å². The summed E-state index contributed by atoms with van der Waals surface area (Å²) in [7, 11) is 0. The minimum atomic E-state index is 0.897. The molecule has 0 aromatic rings. The molecule has 0 unspecified atom stereocenters. The van der Waals surface area contributed by atoms with E-state index in [0.717, 1.165) is 12.4 Å². The second kappa shape index (κ2) is 11.5. The summed E-state index contributed by atoms with van der Waals surface area (Å²) < 4.78 is 5.77. The molecule has 2 aliphatic rings. The third kappa shape index (κ3) is 6.97. The summed E-state index contributed by atoms with van der Waals surface area (Å²) in [4.78, 5) is 0. The molecule has 2 aliphatic carbocycles. The third-order valence-corrected chi connectivity index (χ3v) is 5.05. The Morgan fingerprint density at radius 3 is 1.57 bits per heavy atom. The SMILES string of the molecule is CCCCCCCCCCCCCCCCOc1cc2ccc1-2. The summed E-state index contributed by atoms with van der Waals surface area (Å²) in [6.45, 7) is 3.19. The first-order valence-corrected chi connectivity index (χ1v) is 10.2. The minimum absolute atomic E-state index is 0.897. The van der Waals surface area contributed by atoms with E-state index in [-0.39, 0.29) is 0 Å². The number of rotatable bonds is 16. The summed E-state index contributed by atoms with van der Waals surface area (Å²) >= 11 is 0. The van der Waals surface area contributed by atoms with Crippen molar-refractivity contribution in [2.24, 2.45) is 0 Å². The molecule has 0 bridgehead atoms. The number of unbranched alkanes of at least 4 members (excludes halogenated alkanes) is 13. The summed E-state index contributed by atoms with van der Waals surface area (Å²) in [5.74, 6) is 1.12. The molecule has 130 valence electrons. The first-order valence-electron chi connectivity index (χ1n) is 10.2. The van der Waals surface area contributed by atoms with Gasteiger partial charge in [-0.05, 0) is 18.1 Å². The topological polar surface area (TPSA) is 9.23 Å². The van der Waals surface area contributed by atoms with Crippen LogP contribution < -0.4 is 4.74 Å². The van der Waals surface area contributed by atoms with Crippen molar-refractivity contribution in [2.75, 3.05) is 6.61 Å². The molecule has 0 atom stereocenters. The molecule has 0 N–H and O–H groups in total. The highest BCUT2D eigenvalue weighted by Gasteiger charge is 2.17. The lowest BCUT2D eigenvalue weighted by Gasteiger charge is -2.20. The van der Waals surface area contributed by atoms with E-state index in [0.29, 0.717) is 0 Å². The van der Waals surface area contributed by atoms with Gasteiger partial charge in [-0.15, -0.1) is 0 Å². The summed E-state index contributed by atoms with van der Waals surface area (Å²) in [5, 5.41) is 0. The van der Waals surface area contributed by atoms with Gasteiger partial charge in [-0.3, -0.25) is 0 Å². The Morgan fingerprint density at radius 2 is 1.17 bits per heavy atom. The van der Waals surface area contributed by atoms with Gasteiger partial charge in [-0.25, -0.2) is 0 Å². The summed E-state index contributed by atoms with van der Waals surface area (Å²) in [6.07, 6.45) is 19.8. The molecule has 0 spiro atoms. The van der Waals surface area contributed by atoms with Crippen LogP contribution in [0.5, 0.6) is 5.75 Å². The quantitative estimate of drug-likeness (QED) is 0.291. The van der Waals surface area contributed by atoms with Crippen LogP contribution in [-0.4, -0.2) is 6.61 Å². The van der Waals surface area contributed by atoms with Crippen molar-refractivity contribution in [3.63, 3.8) is 0 Å². The van der Waals surface area contributed by atoms with Crippen molar-refractivity contribution in [3.8, 4) is 16.9 Å². The van der Waals surface area contributed by atoms with Crippen molar-refractivity contribution in [2.45, 2.75) is 96.8 Å². The normalized spacial score (nSPS) is 11.7. The molecule has 0 amide bonds.